The number of carboxylic acids is 1. The zero-order valence-corrected chi connectivity index (χ0v) is 10.5. The summed E-state index contributed by atoms with van der Waals surface area (Å²) in [6.45, 7) is 5.51. The van der Waals surface area contributed by atoms with Crippen molar-refractivity contribution in [3.8, 4) is 0 Å². The smallest absolute Gasteiger partial charge is 0.332 e. The Hall–Kier alpha value is -1.30. The van der Waals surface area contributed by atoms with Gasteiger partial charge < -0.3 is 20.4 Å². The summed E-state index contributed by atoms with van der Waals surface area (Å²) in [6.07, 6.45) is 0.366. The number of hydrogen-bond acceptors (Lipinski definition) is 3. The molecule has 0 saturated heterocycles. The molecular weight excluding hydrogens is 224 g/mol. The van der Waals surface area contributed by atoms with E-state index in [-0.39, 0.29) is 19.0 Å². The summed E-state index contributed by atoms with van der Waals surface area (Å²) < 4.78 is 0. The van der Waals surface area contributed by atoms with Crippen molar-refractivity contribution in [1.29, 1.82) is 0 Å². The zero-order valence-electron chi connectivity index (χ0n) is 10.5. The Morgan fingerprint density at radius 1 is 1.24 bits per heavy atom. The van der Waals surface area contributed by atoms with Crippen LogP contribution in [0.4, 0.5) is 4.79 Å². The molecule has 0 aromatic heterocycles. The van der Waals surface area contributed by atoms with Crippen LogP contribution in [0.2, 0.25) is 0 Å². The Kier molecular flexibility index (Phi) is 8.13. The third-order valence-corrected chi connectivity index (χ3v) is 2.25. The van der Waals surface area contributed by atoms with Crippen LogP contribution in [0.3, 0.4) is 0 Å². The van der Waals surface area contributed by atoms with E-state index in [9.17, 15) is 9.59 Å². The summed E-state index contributed by atoms with van der Waals surface area (Å²) in [6, 6.07) is -0.203. The maximum absolute atomic E-state index is 11.7. The minimum Gasteiger partial charge on any atom is -0.479 e. The highest BCUT2D eigenvalue weighted by atomic mass is 16.4. The molecule has 1 unspecified atom stereocenters. The van der Waals surface area contributed by atoms with E-state index < -0.39 is 12.1 Å². The van der Waals surface area contributed by atoms with Crippen LogP contribution in [0.25, 0.3) is 0 Å². The molecule has 0 saturated carbocycles. The quantitative estimate of drug-likeness (QED) is 0.586. The van der Waals surface area contributed by atoms with Gasteiger partial charge in [-0.1, -0.05) is 13.8 Å². The zero-order chi connectivity index (χ0) is 13.3. The number of aliphatic carboxylic acids is 1. The molecule has 0 rings (SSSR count). The number of nitrogens with one attached hydrogen (secondary N) is 1. The Morgan fingerprint density at radius 2 is 1.76 bits per heavy atom. The first-order chi connectivity index (χ1) is 8.02. The number of aliphatic hydroxyl groups is 1. The van der Waals surface area contributed by atoms with Crippen molar-refractivity contribution in [1.82, 2.24) is 10.2 Å². The van der Waals surface area contributed by atoms with Crippen LogP contribution < -0.4 is 5.32 Å². The summed E-state index contributed by atoms with van der Waals surface area (Å²) in [4.78, 5) is 23.7. The lowest BCUT2D eigenvalue weighted by Gasteiger charge is -2.22. The second-order valence-corrected chi connectivity index (χ2v) is 3.86. The summed E-state index contributed by atoms with van der Waals surface area (Å²) in [7, 11) is 0. The molecule has 0 aromatic carbocycles. The summed E-state index contributed by atoms with van der Waals surface area (Å²) in [5.41, 5.74) is 0. The number of aliphatic hydroxyl groups excluding tert-OH is 1. The van der Waals surface area contributed by atoms with Crippen LogP contribution in [0, 0.1) is 0 Å². The lowest BCUT2D eigenvalue weighted by atomic mass is 10.2. The maximum atomic E-state index is 11.7. The van der Waals surface area contributed by atoms with Crippen LogP contribution in [0.5, 0.6) is 0 Å². The van der Waals surface area contributed by atoms with Gasteiger partial charge in [-0.25, -0.2) is 9.59 Å². The summed E-state index contributed by atoms with van der Waals surface area (Å²) in [5, 5.41) is 20.1. The molecule has 6 nitrogen and oxygen atoms in total. The molecule has 0 aliphatic heterocycles. The molecule has 2 amide bonds. The molecule has 6 heteroatoms. The Labute approximate surface area is 102 Å². The van der Waals surface area contributed by atoms with Crippen molar-refractivity contribution < 1.29 is 19.8 Å². The minimum absolute atomic E-state index is 0.0210. The number of amides is 2. The van der Waals surface area contributed by atoms with Gasteiger partial charge in [0.05, 0.1) is 0 Å². The Bertz CT molecular complexity index is 240. The monoisotopic (exact) mass is 246 g/mol. The molecule has 0 radical (unpaired) electrons. The molecular formula is C11H22N2O4. The second kappa shape index (κ2) is 8.81. The Morgan fingerprint density at radius 3 is 2.18 bits per heavy atom. The molecule has 17 heavy (non-hydrogen) atoms. The van der Waals surface area contributed by atoms with Crippen molar-refractivity contribution in [3.63, 3.8) is 0 Å². The van der Waals surface area contributed by atoms with Gasteiger partial charge in [0.25, 0.3) is 0 Å². The number of carbonyl (C=O) groups excluding carboxylic acids is 1. The van der Waals surface area contributed by atoms with Crippen LogP contribution >= 0.6 is 0 Å². The predicted molar refractivity (Wildman–Crippen MR) is 63.8 cm³/mol. The molecule has 0 heterocycles. The first-order valence-electron chi connectivity index (χ1n) is 5.96. The first-order valence-corrected chi connectivity index (χ1v) is 5.96. The second-order valence-electron chi connectivity index (χ2n) is 3.86. The third kappa shape index (κ3) is 6.78. The van der Waals surface area contributed by atoms with E-state index >= 15 is 0 Å². The lowest BCUT2D eigenvalue weighted by Crippen LogP contribution is -2.42. The van der Waals surface area contributed by atoms with Gasteiger partial charge in [0.2, 0.25) is 0 Å². The van der Waals surface area contributed by atoms with Crippen molar-refractivity contribution in [3.05, 3.63) is 0 Å². The molecule has 0 fully saturated rings. The Balaban J connectivity index is 3.92. The molecule has 100 valence electrons. The molecule has 0 aliphatic carbocycles. The van der Waals surface area contributed by atoms with Crippen molar-refractivity contribution in [2.75, 3.05) is 19.6 Å². The van der Waals surface area contributed by atoms with Gasteiger partial charge in [-0.3, -0.25) is 0 Å². The molecule has 0 aliphatic rings. The van der Waals surface area contributed by atoms with Gasteiger partial charge >= 0.3 is 12.0 Å². The maximum Gasteiger partial charge on any atom is 0.332 e. The van der Waals surface area contributed by atoms with E-state index in [2.05, 4.69) is 5.32 Å². The van der Waals surface area contributed by atoms with E-state index in [0.717, 1.165) is 12.8 Å². The van der Waals surface area contributed by atoms with E-state index in [1.807, 2.05) is 13.8 Å². The number of rotatable bonds is 8. The average Bonchev–Trinajstić information content (AvgIpc) is 2.28. The first kappa shape index (κ1) is 15.7. The van der Waals surface area contributed by atoms with Crippen LogP contribution in [-0.2, 0) is 4.79 Å². The molecule has 3 N–H and O–H groups in total. The SMILES string of the molecule is CCCN(CCC)C(=O)NCCC(O)C(=O)O. The third-order valence-electron chi connectivity index (χ3n) is 2.25. The fourth-order valence-electron chi connectivity index (χ4n) is 1.41. The van der Waals surface area contributed by atoms with Gasteiger partial charge in [0, 0.05) is 26.1 Å². The highest BCUT2D eigenvalue weighted by molar-refractivity contribution is 5.74. The normalized spacial score (nSPS) is 11.9. The molecule has 0 aromatic rings. The van der Waals surface area contributed by atoms with Gasteiger partial charge in [-0.15, -0.1) is 0 Å². The van der Waals surface area contributed by atoms with Crippen molar-refractivity contribution in [2.24, 2.45) is 0 Å². The predicted octanol–water partition coefficient (Wildman–Crippen LogP) is 0.654. The summed E-state index contributed by atoms with van der Waals surface area (Å²) in [5.74, 6) is -1.27. The van der Waals surface area contributed by atoms with Gasteiger partial charge in [0.15, 0.2) is 6.10 Å². The van der Waals surface area contributed by atoms with Crippen LogP contribution in [0.15, 0.2) is 0 Å². The lowest BCUT2D eigenvalue weighted by molar-refractivity contribution is -0.146. The molecule has 0 spiro atoms. The standard InChI is InChI=1S/C11H22N2O4/c1-3-7-13(8-4-2)11(17)12-6-5-9(14)10(15)16/h9,14H,3-8H2,1-2H3,(H,12,17)(H,15,16). The van der Waals surface area contributed by atoms with E-state index in [1.165, 1.54) is 0 Å². The molecule has 0 bridgehead atoms. The molecule has 1 atom stereocenters. The number of urea groups is 1. The van der Waals surface area contributed by atoms with Gasteiger partial charge in [-0.05, 0) is 12.8 Å². The minimum atomic E-state index is -1.42. The average molecular weight is 246 g/mol. The van der Waals surface area contributed by atoms with Crippen LogP contribution in [-0.4, -0.2) is 52.9 Å². The van der Waals surface area contributed by atoms with Gasteiger partial charge in [-0.2, -0.15) is 0 Å². The highest BCUT2D eigenvalue weighted by Gasteiger charge is 2.15. The van der Waals surface area contributed by atoms with Crippen molar-refractivity contribution in [2.45, 2.75) is 39.2 Å². The fourth-order valence-corrected chi connectivity index (χ4v) is 1.41. The summed E-state index contributed by atoms with van der Waals surface area (Å²) >= 11 is 0. The topological polar surface area (TPSA) is 89.9 Å². The number of nitrogens with zero attached hydrogens (tertiary/aromatic N) is 1. The van der Waals surface area contributed by atoms with Crippen molar-refractivity contribution >= 4 is 12.0 Å². The fraction of sp³-hybridized carbons (Fsp3) is 0.818. The highest BCUT2D eigenvalue weighted by Crippen LogP contribution is 1.96. The van der Waals surface area contributed by atoms with E-state index in [0.29, 0.717) is 13.1 Å². The largest absolute Gasteiger partial charge is 0.479 e. The number of hydrogen-bond donors (Lipinski definition) is 3. The van der Waals surface area contributed by atoms with Crippen LogP contribution in [0.1, 0.15) is 33.1 Å². The number of carbonyl (C=O) groups is 2. The van der Waals surface area contributed by atoms with Gasteiger partial charge in [0.1, 0.15) is 0 Å². The van der Waals surface area contributed by atoms with E-state index in [1.54, 1.807) is 4.90 Å². The number of carboxylic acid groups (broad SMARTS) is 1. The van der Waals surface area contributed by atoms with E-state index in [4.69, 9.17) is 10.2 Å².